The summed E-state index contributed by atoms with van der Waals surface area (Å²) in [6.45, 7) is 7.21. The van der Waals surface area contributed by atoms with Gasteiger partial charge in [-0.05, 0) is 33.6 Å². The van der Waals surface area contributed by atoms with Gasteiger partial charge >= 0.3 is 0 Å². The van der Waals surface area contributed by atoms with Gasteiger partial charge in [-0.1, -0.05) is 25.7 Å². The number of rotatable bonds is 5. The summed E-state index contributed by atoms with van der Waals surface area (Å²) in [4.78, 5) is 23.0. The Morgan fingerprint density at radius 1 is 1.18 bits per heavy atom. The van der Waals surface area contributed by atoms with Crippen LogP contribution < -0.4 is 5.32 Å². The van der Waals surface area contributed by atoms with Crippen molar-refractivity contribution in [3.05, 3.63) is 17.6 Å². The topological polar surface area (TPSA) is 58.1 Å². The first-order chi connectivity index (χ1) is 10.6. The van der Waals surface area contributed by atoms with Crippen molar-refractivity contribution in [3.8, 4) is 0 Å². The number of aryl methyl sites for hydroxylation is 1. The quantitative estimate of drug-likeness (QED) is 0.847. The molecule has 5 heteroatoms. The van der Waals surface area contributed by atoms with Crippen molar-refractivity contribution < 1.29 is 4.79 Å². The molecule has 1 aliphatic rings. The first kappa shape index (κ1) is 16.7. The molecule has 0 aromatic carbocycles. The van der Waals surface area contributed by atoms with Crippen molar-refractivity contribution >= 4 is 11.7 Å². The molecule has 1 saturated carbocycles. The summed E-state index contributed by atoms with van der Waals surface area (Å²) in [6.07, 6.45) is 7.56. The molecule has 122 valence electrons. The molecular formula is C17H28N4O. The fourth-order valence-corrected chi connectivity index (χ4v) is 3.06. The van der Waals surface area contributed by atoms with Gasteiger partial charge in [-0.3, -0.25) is 4.79 Å². The second kappa shape index (κ2) is 8.11. The van der Waals surface area contributed by atoms with E-state index < -0.39 is 0 Å². The van der Waals surface area contributed by atoms with Gasteiger partial charge < -0.3 is 10.2 Å². The van der Waals surface area contributed by atoms with Gasteiger partial charge in [0, 0.05) is 25.2 Å². The van der Waals surface area contributed by atoms with Crippen molar-refractivity contribution in [2.45, 2.75) is 65.3 Å². The summed E-state index contributed by atoms with van der Waals surface area (Å²) >= 11 is 0. The monoisotopic (exact) mass is 304 g/mol. The molecule has 0 atom stereocenters. The Hall–Kier alpha value is -1.65. The van der Waals surface area contributed by atoms with E-state index in [1.807, 2.05) is 20.8 Å². The van der Waals surface area contributed by atoms with Crippen molar-refractivity contribution in [1.82, 2.24) is 14.9 Å². The molecule has 1 fully saturated rings. The van der Waals surface area contributed by atoms with Crippen LogP contribution in [0.2, 0.25) is 0 Å². The van der Waals surface area contributed by atoms with E-state index in [0.717, 1.165) is 5.82 Å². The minimum atomic E-state index is -0.0144. The number of amides is 1. The van der Waals surface area contributed by atoms with Gasteiger partial charge in [0.15, 0.2) is 0 Å². The highest BCUT2D eigenvalue weighted by atomic mass is 16.2. The Morgan fingerprint density at radius 2 is 1.82 bits per heavy atom. The number of aromatic nitrogens is 2. The van der Waals surface area contributed by atoms with E-state index in [4.69, 9.17) is 0 Å². The zero-order chi connectivity index (χ0) is 15.9. The third-order valence-corrected chi connectivity index (χ3v) is 4.31. The maximum atomic E-state index is 12.5. The SMILES string of the molecule is CCN(CC)C(=O)c1cc(NC2CCCCCC2)nc(C)n1. The fraction of sp³-hybridized carbons (Fsp3) is 0.706. The third-order valence-electron chi connectivity index (χ3n) is 4.31. The molecule has 1 amide bonds. The van der Waals surface area contributed by atoms with Gasteiger partial charge in [-0.15, -0.1) is 0 Å². The molecule has 0 unspecified atom stereocenters. The van der Waals surface area contributed by atoms with Crippen LogP contribution in [0.1, 0.15) is 68.7 Å². The van der Waals surface area contributed by atoms with Crippen molar-refractivity contribution in [2.75, 3.05) is 18.4 Å². The molecule has 1 aromatic heterocycles. The van der Waals surface area contributed by atoms with E-state index in [9.17, 15) is 4.79 Å². The van der Waals surface area contributed by atoms with Crippen molar-refractivity contribution in [1.29, 1.82) is 0 Å². The number of carbonyl (C=O) groups excluding carboxylic acids is 1. The molecule has 0 aliphatic heterocycles. The smallest absolute Gasteiger partial charge is 0.272 e. The molecule has 2 rings (SSSR count). The van der Waals surface area contributed by atoms with Crippen LogP contribution in [-0.2, 0) is 0 Å². The second-order valence-corrected chi connectivity index (χ2v) is 6.00. The Bertz CT molecular complexity index is 491. The first-order valence-corrected chi connectivity index (χ1v) is 8.55. The third kappa shape index (κ3) is 4.42. The first-order valence-electron chi connectivity index (χ1n) is 8.55. The summed E-state index contributed by atoms with van der Waals surface area (Å²) in [5, 5.41) is 3.51. The minimum Gasteiger partial charge on any atom is -0.367 e. The molecule has 0 radical (unpaired) electrons. The lowest BCUT2D eigenvalue weighted by Gasteiger charge is -2.20. The van der Waals surface area contributed by atoms with E-state index in [2.05, 4.69) is 15.3 Å². The second-order valence-electron chi connectivity index (χ2n) is 6.00. The van der Waals surface area contributed by atoms with Crippen LogP contribution in [0.4, 0.5) is 5.82 Å². The van der Waals surface area contributed by atoms with E-state index in [-0.39, 0.29) is 5.91 Å². The summed E-state index contributed by atoms with van der Waals surface area (Å²) < 4.78 is 0. The molecule has 0 bridgehead atoms. The number of anilines is 1. The molecule has 1 heterocycles. The molecule has 0 saturated heterocycles. The standard InChI is InChI=1S/C17H28N4O/c1-4-21(5-2)17(22)15-12-16(19-13(3)18-15)20-14-10-8-6-7-9-11-14/h12,14H,4-11H2,1-3H3,(H,18,19,20). The molecular weight excluding hydrogens is 276 g/mol. The van der Waals surface area contributed by atoms with Gasteiger partial charge in [0.2, 0.25) is 0 Å². The van der Waals surface area contributed by atoms with Crippen molar-refractivity contribution in [3.63, 3.8) is 0 Å². The highest BCUT2D eigenvalue weighted by Gasteiger charge is 2.17. The number of hydrogen-bond acceptors (Lipinski definition) is 4. The minimum absolute atomic E-state index is 0.0144. The number of nitrogens with zero attached hydrogens (tertiary/aromatic N) is 3. The van der Waals surface area contributed by atoms with Crippen LogP contribution in [0.15, 0.2) is 6.07 Å². The van der Waals surface area contributed by atoms with Crippen LogP contribution in [-0.4, -0.2) is 39.9 Å². The maximum absolute atomic E-state index is 12.5. The van der Waals surface area contributed by atoms with Gasteiger partial charge in [-0.2, -0.15) is 0 Å². The van der Waals surface area contributed by atoms with E-state index in [1.165, 1.54) is 38.5 Å². The number of nitrogens with one attached hydrogen (secondary N) is 1. The average molecular weight is 304 g/mol. The zero-order valence-electron chi connectivity index (χ0n) is 14.1. The predicted molar refractivity (Wildman–Crippen MR) is 89.1 cm³/mol. The van der Waals surface area contributed by atoms with Crippen LogP contribution in [0.25, 0.3) is 0 Å². The highest BCUT2D eigenvalue weighted by Crippen LogP contribution is 2.21. The molecule has 5 nitrogen and oxygen atoms in total. The number of hydrogen-bond donors (Lipinski definition) is 1. The van der Waals surface area contributed by atoms with Crippen LogP contribution in [0.5, 0.6) is 0 Å². The van der Waals surface area contributed by atoms with Crippen LogP contribution in [0, 0.1) is 6.92 Å². The van der Waals surface area contributed by atoms with E-state index in [0.29, 0.717) is 30.6 Å². The predicted octanol–water partition coefficient (Wildman–Crippen LogP) is 3.40. The molecule has 1 aromatic rings. The van der Waals surface area contributed by atoms with Gasteiger partial charge in [0.25, 0.3) is 5.91 Å². The summed E-state index contributed by atoms with van der Waals surface area (Å²) in [5.41, 5.74) is 0.493. The molecule has 1 aliphatic carbocycles. The lowest BCUT2D eigenvalue weighted by molar-refractivity contribution is 0.0766. The summed E-state index contributed by atoms with van der Waals surface area (Å²) in [6, 6.07) is 2.27. The normalized spacial score (nSPS) is 16.1. The van der Waals surface area contributed by atoms with E-state index >= 15 is 0 Å². The van der Waals surface area contributed by atoms with Gasteiger partial charge in [0.1, 0.15) is 17.3 Å². The maximum Gasteiger partial charge on any atom is 0.272 e. The van der Waals surface area contributed by atoms with Crippen molar-refractivity contribution in [2.24, 2.45) is 0 Å². The van der Waals surface area contributed by atoms with Gasteiger partial charge in [0.05, 0.1) is 0 Å². The molecule has 1 N–H and O–H groups in total. The lowest BCUT2D eigenvalue weighted by Crippen LogP contribution is -2.31. The summed E-state index contributed by atoms with van der Waals surface area (Å²) in [7, 11) is 0. The van der Waals surface area contributed by atoms with Crippen LogP contribution in [0.3, 0.4) is 0 Å². The average Bonchev–Trinajstić information content (AvgIpc) is 2.76. The molecule has 0 spiro atoms. The fourth-order valence-electron chi connectivity index (χ4n) is 3.06. The Labute approximate surface area is 133 Å². The largest absolute Gasteiger partial charge is 0.367 e. The highest BCUT2D eigenvalue weighted by molar-refractivity contribution is 5.93. The zero-order valence-corrected chi connectivity index (χ0v) is 14.1. The Balaban J connectivity index is 2.13. The Morgan fingerprint density at radius 3 is 2.41 bits per heavy atom. The van der Waals surface area contributed by atoms with Gasteiger partial charge in [-0.25, -0.2) is 9.97 Å². The summed E-state index contributed by atoms with van der Waals surface area (Å²) in [5.74, 6) is 1.42. The van der Waals surface area contributed by atoms with Crippen LogP contribution >= 0.6 is 0 Å². The Kier molecular flexibility index (Phi) is 6.16. The lowest BCUT2D eigenvalue weighted by atomic mass is 10.1. The number of carbonyl (C=O) groups is 1. The molecule has 22 heavy (non-hydrogen) atoms. The van der Waals surface area contributed by atoms with E-state index in [1.54, 1.807) is 11.0 Å².